The van der Waals surface area contributed by atoms with Crippen molar-refractivity contribution in [1.82, 2.24) is 9.78 Å². The number of rotatable bonds is 2. The van der Waals surface area contributed by atoms with Crippen molar-refractivity contribution in [1.29, 1.82) is 0 Å². The van der Waals surface area contributed by atoms with E-state index in [4.69, 9.17) is 23.2 Å². The summed E-state index contributed by atoms with van der Waals surface area (Å²) >= 11 is 11.1. The molecular weight excluding hydrogens is 327 g/mol. The van der Waals surface area contributed by atoms with E-state index < -0.39 is 11.2 Å². The summed E-state index contributed by atoms with van der Waals surface area (Å²) in [6.45, 7) is 0. The lowest BCUT2D eigenvalue weighted by Gasteiger charge is -2.06. The number of fused-ring (bicyclic) bond motifs is 1. The number of aromatic nitrogens is 2. The zero-order valence-corrected chi connectivity index (χ0v) is 13.8. The van der Waals surface area contributed by atoms with Gasteiger partial charge in [0.25, 0.3) is 0 Å². The summed E-state index contributed by atoms with van der Waals surface area (Å²) in [4.78, 5) is 0. The van der Waals surface area contributed by atoms with Gasteiger partial charge in [-0.1, -0.05) is 41.4 Å². The molecule has 0 saturated heterocycles. The van der Waals surface area contributed by atoms with E-state index in [2.05, 4.69) is 5.10 Å². The van der Waals surface area contributed by atoms with E-state index in [1.807, 2.05) is 24.3 Å². The first kappa shape index (κ1) is 14.7. The van der Waals surface area contributed by atoms with Gasteiger partial charge in [0.15, 0.2) is 0 Å². The molecule has 3 nitrogen and oxygen atoms in total. The van der Waals surface area contributed by atoms with Crippen molar-refractivity contribution in [3.63, 3.8) is 0 Å². The highest BCUT2D eigenvalue weighted by Gasteiger charge is 2.20. The van der Waals surface area contributed by atoms with Gasteiger partial charge in [0.2, 0.25) is 5.03 Å². The minimum Gasteiger partial charge on any atom is -0.610 e. The lowest BCUT2D eigenvalue weighted by molar-refractivity contribution is 0.584. The van der Waals surface area contributed by atoms with Crippen LogP contribution >= 0.6 is 23.2 Å². The molecule has 1 unspecified atom stereocenters. The van der Waals surface area contributed by atoms with Gasteiger partial charge in [-0.05, 0) is 18.2 Å². The molecule has 0 spiro atoms. The van der Waals surface area contributed by atoms with Crippen LogP contribution in [0.5, 0.6) is 0 Å². The Morgan fingerprint density at radius 2 is 1.90 bits per heavy atom. The van der Waals surface area contributed by atoms with Gasteiger partial charge in [0, 0.05) is 39.4 Å². The molecule has 3 aromatic rings. The predicted octanol–water partition coefficient (Wildman–Crippen LogP) is 4.28. The van der Waals surface area contributed by atoms with Crippen molar-refractivity contribution in [2.24, 2.45) is 7.05 Å². The molecule has 0 aliphatic rings. The van der Waals surface area contributed by atoms with Gasteiger partial charge in [0.1, 0.15) is 11.8 Å². The quantitative estimate of drug-likeness (QED) is 0.654. The Bertz CT molecular complexity index is 830. The Kier molecular flexibility index (Phi) is 3.88. The molecule has 0 saturated carbocycles. The topological polar surface area (TPSA) is 40.9 Å². The molecule has 3 rings (SSSR count). The summed E-state index contributed by atoms with van der Waals surface area (Å²) < 4.78 is 13.6. The smallest absolute Gasteiger partial charge is 0.250 e. The minimum absolute atomic E-state index is 0.569. The molecule has 0 N–H and O–H groups in total. The molecular formula is C15H12Cl2N2OS. The molecule has 2 aromatic carbocycles. The summed E-state index contributed by atoms with van der Waals surface area (Å²) in [5.74, 6) is 0. The maximum Gasteiger partial charge on any atom is 0.250 e. The monoisotopic (exact) mass is 338 g/mol. The molecule has 108 valence electrons. The third-order valence-corrected chi connectivity index (χ3v) is 4.88. The standard InChI is InChI=1S/C15H12Cl2N2OS/c1-19-15(21(2)20)12-5-3-4-11(14(12)18-19)10-7-6-9(16)8-13(10)17/h3-8H,1-2H3. The van der Waals surface area contributed by atoms with Gasteiger partial charge >= 0.3 is 0 Å². The van der Waals surface area contributed by atoms with Gasteiger partial charge in [-0.3, -0.25) is 0 Å². The van der Waals surface area contributed by atoms with Crippen LogP contribution in [0.4, 0.5) is 0 Å². The lowest BCUT2D eigenvalue weighted by Crippen LogP contribution is -2.05. The molecule has 0 fully saturated rings. The first-order valence-corrected chi connectivity index (χ1v) is 8.55. The highest BCUT2D eigenvalue weighted by molar-refractivity contribution is 7.90. The van der Waals surface area contributed by atoms with Gasteiger partial charge in [-0.2, -0.15) is 5.10 Å². The molecule has 21 heavy (non-hydrogen) atoms. The van der Waals surface area contributed by atoms with Crippen LogP contribution in [-0.4, -0.2) is 20.6 Å². The highest BCUT2D eigenvalue weighted by Crippen LogP contribution is 2.36. The summed E-state index contributed by atoms with van der Waals surface area (Å²) in [7, 11) is 1.80. The Morgan fingerprint density at radius 1 is 1.14 bits per heavy atom. The molecule has 1 aromatic heterocycles. The van der Waals surface area contributed by atoms with Crippen molar-refractivity contribution in [2.75, 3.05) is 6.26 Å². The Balaban J connectivity index is 2.31. The van der Waals surface area contributed by atoms with Crippen LogP contribution in [0.1, 0.15) is 0 Å². The van der Waals surface area contributed by atoms with Crippen molar-refractivity contribution in [3.05, 3.63) is 46.4 Å². The predicted molar refractivity (Wildman–Crippen MR) is 88.5 cm³/mol. The first-order chi connectivity index (χ1) is 9.99. The zero-order chi connectivity index (χ0) is 15.1. The maximum atomic E-state index is 11.9. The second-order valence-corrected chi connectivity index (χ2v) is 6.85. The minimum atomic E-state index is -1.11. The fourth-order valence-corrected chi connectivity index (χ4v) is 3.86. The molecule has 0 amide bonds. The summed E-state index contributed by atoms with van der Waals surface area (Å²) in [6.07, 6.45) is 1.65. The Labute approximate surface area is 135 Å². The van der Waals surface area contributed by atoms with Crippen LogP contribution in [-0.2, 0) is 18.2 Å². The van der Waals surface area contributed by atoms with Crippen LogP contribution < -0.4 is 0 Å². The van der Waals surface area contributed by atoms with Crippen molar-refractivity contribution < 1.29 is 4.55 Å². The lowest BCUT2D eigenvalue weighted by atomic mass is 10.0. The maximum absolute atomic E-state index is 11.9. The fraction of sp³-hybridized carbons (Fsp3) is 0.133. The van der Waals surface area contributed by atoms with E-state index in [0.717, 1.165) is 22.0 Å². The highest BCUT2D eigenvalue weighted by atomic mass is 35.5. The molecule has 0 radical (unpaired) electrons. The van der Waals surface area contributed by atoms with Crippen molar-refractivity contribution >= 4 is 45.3 Å². The van der Waals surface area contributed by atoms with Crippen LogP contribution in [0.3, 0.4) is 0 Å². The number of hydrogen-bond acceptors (Lipinski definition) is 2. The number of nitrogens with zero attached hydrogens (tertiary/aromatic N) is 2. The van der Waals surface area contributed by atoms with E-state index in [-0.39, 0.29) is 0 Å². The first-order valence-electron chi connectivity index (χ1n) is 6.23. The molecule has 1 atom stereocenters. The third kappa shape index (κ3) is 2.53. The molecule has 6 heteroatoms. The van der Waals surface area contributed by atoms with Gasteiger partial charge < -0.3 is 4.55 Å². The van der Waals surface area contributed by atoms with Crippen LogP contribution in [0.25, 0.3) is 22.0 Å². The van der Waals surface area contributed by atoms with Crippen LogP contribution in [0.2, 0.25) is 10.0 Å². The second-order valence-electron chi connectivity index (χ2n) is 4.71. The van der Waals surface area contributed by atoms with Crippen LogP contribution in [0.15, 0.2) is 41.4 Å². The average Bonchev–Trinajstić information content (AvgIpc) is 2.75. The molecule has 0 aliphatic carbocycles. The number of benzene rings is 2. The van der Waals surface area contributed by atoms with E-state index >= 15 is 0 Å². The zero-order valence-electron chi connectivity index (χ0n) is 11.4. The third-order valence-electron chi connectivity index (χ3n) is 3.30. The van der Waals surface area contributed by atoms with Gasteiger partial charge in [0.05, 0.1) is 5.39 Å². The molecule has 0 aliphatic heterocycles. The van der Waals surface area contributed by atoms with Gasteiger partial charge in [-0.25, -0.2) is 4.68 Å². The van der Waals surface area contributed by atoms with E-state index in [1.54, 1.807) is 30.1 Å². The summed E-state index contributed by atoms with van der Waals surface area (Å²) in [5, 5.41) is 7.25. The van der Waals surface area contributed by atoms with E-state index in [9.17, 15) is 4.55 Å². The normalized spacial score (nSPS) is 12.8. The summed E-state index contributed by atoms with van der Waals surface area (Å²) in [5.41, 5.74) is 2.55. The van der Waals surface area contributed by atoms with Gasteiger partial charge in [-0.15, -0.1) is 0 Å². The Morgan fingerprint density at radius 3 is 2.57 bits per heavy atom. The number of aryl methyl sites for hydroxylation is 1. The largest absolute Gasteiger partial charge is 0.610 e. The van der Waals surface area contributed by atoms with E-state index in [0.29, 0.717) is 15.1 Å². The average molecular weight is 339 g/mol. The molecule has 0 bridgehead atoms. The van der Waals surface area contributed by atoms with Crippen molar-refractivity contribution in [3.8, 4) is 11.1 Å². The molecule has 1 heterocycles. The number of halogens is 2. The number of hydrogen-bond donors (Lipinski definition) is 0. The SMILES string of the molecule is Cn1nc2c(-c3ccc(Cl)cc3Cl)cccc2c1[S+](C)[O-]. The van der Waals surface area contributed by atoms with Crippen molar-refractivity contribution in [2.45, 2.75) is 5.03 Å². The Hall–Kier alpha value is -1.20. The second kappa shape index (κ2) is 5.54. The summed E-state index contributed by atoms with van der Waals surface area (Å²) in [6, 6.07) is 11.2. The van der Waals surface area contributed by atoms with Crippen LogP contribution in [0, 0.1) is 0 Å². The fourth-order valence-electron chi connectivity index (χ4n) is 2.46. The van der Waals surface area contributed by atoms with E-state index in [1.165, 1.54) is 0 Å².